The maximum absolute atomic E-state index is 11.2. The fourth-order valence-electron chi connectivity index (χ4n) is 3.58. The second-order valence-electron chi connectivity index (χ2n) is 6.22. The molecule has 0 aliphatic heterocycles. The highest BCUT2D eigenvalue weighted by Gasteiger charge is 2.31. The Hall–Kier alpha value is -1.42. The van der Waals surface area contributed by atoms with Gasteiger partial charge in [-0.2, -0.15) is 0 Å². The fraction of sp³-hybridized carbons (Fsp3) is 0.647. The number of para-hydroxylation sites is 1. The minimum atomic E-state index is -0.260. The number of nitro groups is 1. The molecule has 1 aromatic rings. The summed E-state index contributed by atoms with van der Waals surface area (Å²) >= 11 is 0. The minimum absolute atomic E-state index is 0.256. The molecule has 3 unspecified atom stereocenters. The molecule has 1 aliphatic carbocycles. The first-order chi connectivity index (χ1) is 10.1. The summed E-state index contributed by atoms with van der Waals surface area (Å²) in [5.41, 5.74) is 1.11. The summed E-state index contributed by atoms with van der Waals surface area (Å²) in [7, 11) is 0. The summed E-state index contributed by atoms with van der Waals surface area (Å²) in [6.07, 6.45) is 5.66. The molecule has 0 amide bonds. The zero-order chi connectivity index (χ0) is 15.2. The molecular formula is C17H26N2O2. The SMILES string of the molecule is CCCNC(Cc1ccccc1[N+](=O)[O-])C1CCCC1C. The highest BCUT2D eigenvalue weighted by atomic mass is 16.6. The molecule has 3 atom stereocenters. The maximum atomic E-state index is 11.2. The number of benzene rings is 1. The van der Waals surface area contributed by atoms with Crippen LogP contribution in [0, 0.1) is 22.0 Å². The lowest BCUT2D eigenvalue weighted by Crippen LogP contribution is -2.39. The monoisotopic (exact) mass is 290 g/mol. The standard InChI is InChI=1S/C17H26N2O2/c1-3-11-18-16(15-9-6-7-13(15)2)12-14-8-4-5-10-17(14)19(20)21/h4-5,8,10,13,15-16,18H,3,6-7,9,11-12H2,1-2H3. The molecule has 1 saturated carbocycles. The van der Waals surface area contributed by atoms with Crippen LogP contribution in [-0.4, -0.2) is 17.5 Å². The number of rotatable bonds is 7. The lowest BCUT2D eigenvalue weighted by Gasteiger charge is -2.28. The van der Waals surface area contributed by atoms with E-state index in [0.717, 1.165) is 24.9 Å². The molecule has 4 heteroatoms. The van der Waals surface area contributed by atoms with Crippen LogP contribution < -0.4 is 5.32 Å². The largest absolute Gasteiger partial charge is 0.313 e. The van der Waals surface area contributed by atoms with Crippen molar-refractivity contribution in [1.29, 1.82) is 0 Å². The fourth-order valence-corrected chi connectivity index (χ4v) is 3.58. The first-order valence-electron chi connectivity index (χ1n) is 8.09. The first-order valence-corrected chi connectivity index (χ1v) is 8.09. The van der Waals surface area contributed by atoms with Gasteiger partial charge < -0.3 is 5.32 Å². The molecule has 1 fully saturated rings. The van der Waals surface area contributed by atoms with Gasteiger partial charge in [-0.1, -0.05) is 44.9 Å². The zero-order valence-electron chi connectivity index (χ0n) is 13.0. The van der Waals surface area contributed by atoms with Gasteiger partial charge in [0.1, 0.15) is 0 Å². The number of nitrogens with zero attached hydrogens (tertiary/aromatic N) is 1. The summed E-state index contributed by atoms with van der Waals surface area (Å²) in [4.78, 5) is 10.9. The predicted octanol–water partition coefficient (Wildman–Crippen LogP) is 3.94. The van der Waals surface area contributed by atoms with E-state index >= 15 is 0 Å². The van der Waals surface area contributed by atoms with Crippen molar-refractivity contribution in [3.05, 3.63) is 39.9 Å². The van der Waals surface area contributed by atoms with Crippen LogP contribution in [0.25, 0.3) is 0 Å². The van der Waals surface area contributed by atoms with E-state index in [9.17, 15) is 10.1 Å². The van der Waals surface area contributed by atoms with E-state index in [-0.39, 0.29) is 10.6 Å². The van der Waals surface area contributed by atoms with Crippen molar-refractivity contribution >= 4 is 5.69 Å². The summed E-state index contributed by atoms with van der Waals surface area (Å²) in [6.45, 7) is 5.46. The van der Waals surface area contributed by atoms with Crippen molar-refractivity contribution < 1.29 is 4.92 Å². The zero-order valence-corrected chi connectivity index (χ0v) is 13.0. The summed E-state index contributed by atoms with van der Waals surface area (Å²) in [5.74, 6) is 1.35. The van der Waals surface area contributed by atoms with Crippen molar-refractivity contribution in [1.82, 2.24) is 5.32 Å². The van der Waals surface area contributed by atoms with E-state index in [2.05, 4.69) is 19.2 Å². The van der Waals surface area contributed by atoms with Gasteiger partial charge >= 0.3 is 0 Å². The van der Waals surface area contributed by atoms with Gasteiger partial charge in [0, 0.05) is 17.7 Å². The highest BCUT2D eigenvalue weighted by Crippen LogP contribution is 2.35. The molecule has 1 N–H and O–H groups in total. The van der Waals surface area contributed by atoms with Gasteiger partial charge in [-0.05, 0) is 37.6 Å². The molecule has 0 bridgehead atoms. The Morgan fingerprint density at radius 2 is 2.14 bits per heavy atom. The Kier molecular flexibility index (Phi) is 5.74. The summed E-state index contributed by atoms with van der Waals surface area (Å²) in [6, 6.07) is 7.51. The molecule has 2 rings (SSSR count). The Balaban J connectivity index is 2.16. The second-order valence-corrected chi connectivity index (χ2v) is 6.22. The van der Waals surface area contributed by atoms with Crippen LogP contribution in [0.4, 0.5) is 5.69 Å². The molecule has 0 heterocycles. The average Bonchev–Trinajstić information content (AvgIpc) is 2.90. The van der Waals surface area contributed by atoms with Crippen LogP contribution in [0.2, 0.25) is 0 Å². The molecule has 4 nitrogen and oxygen atoms in total. The first kappa shape index (κ1) is 16.0. The Morgan fingerprint density at radius 3 is 2.76 bits per heavy atom. The number of nitro benzene ring substituents is 1. The van der Waals surface area contributed by atoms with Crippen LogP contribution in [-0.2, 0) is 6.42 Å². The van der Waals surface area contributed by atoms with Crippen molar-refractivity contribution in [3.63, 3.8) is 0 Å². The Bertz CT molecular complexity index is 476. The number of hydrogen-bond acceptors (Lipinski definition) is 3. The van der Waals surface area contributed by atoms with E-state index in [1.165, 1.54) is 19.3 Å². The third-order valence-electron chi connectivity index (χ3n) is 4.73. The maximum Gasteiger partial charge on any atom is 0.272 e. The molecule has 0 aromatic heterocycles. The van der Waals surface area contributed by atoms with Crippen LogP contribution in [0.15, 0.2) is 24.3 Å². The van der Waals surface area contributed by atoms with Gasteiger partial charge in [0.05, 0.1) is 4.92 Å². The van der Waals surface area contributed by atoms with E-state index in [4.69, 9.17) is 0 Å². The van der Waals surface area contributed by atoms with Gasteiger partial charge in [0.15, 0.2) is 0 Å². The van der Waals surface area contributed by atoms with Gasteiger partial charge in [-0.25, -0.2) is 0 Å². The molecule has 0 saturated heterocycles. The van der Waals surface area contributed by atoms with Crippen LogP contribution in [0.3, 0.4) is 0 Å². The molecule has 116 valence electrons. The van der Waals surface area contributed by atoms with Crippen molar-refractivity contribution in [3.8, 4) is 0 Å². The van der Waals surface area contributed by atoms with Crippen LogP contribution >= 0.6 is 0 Å². The molecule has 1 aromatic carbocycles. The van der Waals surface area contributed by atoms with Crippen LogP contribution in [0.5, 0.6) is 0 Å². The van der Waals surface area contributed by atoms with Gasteiger partial charge in [-0.15, -0.1) is 0 Å². The topological polar surface area (TPSA) is 55.2 Å². The van der Waals surface area contributed by atoms with E-state index in [1.807, 2.05) is 12.1 Å². The minimum Gasteiger partial charge on any atom is -0.313 e. The van der Waals surface area contributed by atoms with Crippen molar-refractivity contribution in [2.24, 2.45) is 11.8 Å². The third kappa shape index (κ3) is 4.03. The van der Waals surface area contributed by atoms with Gasteiger partial charge in [-0.3, -0.25) is 10.1 Å². The van der Waals surface area contributed by atoms with E-state index < -0.39 is 0 Å². The lowest BCUT2D eigenvalue weighted by molar-refractivity contribution is -0.385. The van der Waals surface area contributed by atoms with Crippen LogP contribution in [0.1, 0.15) is 45.1 Å². The number of hydrogen-bond donors (Lipinski definition) is 1. The lowest BCUT2D eigenvalue weighted by atomic mass is 9.86. The molecule has 21 heavy (non-hydrogen) atoms. The van der Waals surface area contributed by atoms with E-state index in [0.29, 0.717) is 17.9 Å². The number of nitrogens with one attached hydrogen (secondary N) is 1. The van der Waals surface area contributed by atoms with Gasteiger partial charge in [0.2, 0.25) is 0 Å². The Labute approximate surface area is 127 Å². The normalized spacial score (nSPS) is 23.1. The van der Waals surface area contributed by atoms with E-state index in [1.54, 1.807) is 12.1 Å². The van der Waals surface area contributed by atoms with Crippen molar-refractivity contribution in [2.45, 2.75) is 52.0 Å². The summed E-state index contributed by atoms with van der Waals surface area (Å²) in [5, 5.41) is 14.8. The average molecular weight is 290 g/mol. The molecule has 1 aliphatic rings. The highest BCUT2D eigenvalue weighted by molar-refractivity contribution is 5.40. The smallest absolute Gasteiger partial charge is 0.272 e. The van der Waals surface area contributed by atoms with Crippen molar-refractivity contribution in [2.75, 3.05) is 6.54 Å². The predicted molar refractivity (Wildman–Crippen MR) is 85.4 cm³/mol. The summed E-state index contributed by atoms with van der Waals surface area (Å²) < 4.78 is 0. The quantitative estimate of drug-likeness (QED) is 0.611. The molecular weight excluding hydrogens is 264 g/mol. The van der Waals surface area contributed by atoms with Gasteiger partial charge in [0.25, 0.3) is 5.69 Å². The Morgan fingerprint density at radius 1 is 1.38 bits per heavy atom. The molecule has 0 spiro atoms. The molecule has 0 radical (unpaired) electrons. The third-order valence-corrected chi connectivity index (χ3v) is 4.73. The second kappa shape index (κ2) is 7.55.